The molecule has 1 spiro atoms. The third-order valence-corrected chi connectivity index (χ3v) is 8.38. The Morgan fingerprint density at radius 2 is 1.86 bits per heavy atom. The van der Waals surface area contributed by atoms with Crippen molar-refractivity contribution in [3.63, 3.8) is 0 Å². The van der Waals surface area contributed by atoms with Gasteiger partial charge in [0.25, 0.3) is 0 Å². The molecule has 6 nitrogen and oxygen atoms in total. The van der Waals surface area contributed by atoms with Crippen LogP contribution < -0.4 is 5.32 Å². The van der Waals surface area contributed by atoms with E-state index in [0.717, 1.165) is 5.56 Å². The maximum atomic E-state index is 14.1. The smallest absolute Gasteiger partial charge is 0.303 e. The van der Waals surface area contributed by atoms with Gasteiger partial charge in [0, 0.05) is 30.7 Å². The molecule has 0 bridgehead atoms. The molecule has 1 amide bonds. The molecule has 36 heavy (non-hydrogen) atoms. The average molecular weight is 492 g/mol. The summed E-state index contributed by atoms with van der Waals surface area (Å²) in [4.78, 5) is 39.4. The molecule has 2 aliphatic carbocycles. The van der Waals surface area contributed by atoms with Crippen molar-refractivity contribution in [2.75, 3.05) is 0 Å². The van der Waals surface area contributed by atoms with Gasteiger partial charge in [-0.3, -0.25) is 14.4 Å². The molecule has 1 aromatic carbocycles. The third kappa shape index (κ3) is 4.47. The number of ketones is 1. The van der Waals surface area contributed by atoms with Crippen molar-refractivity contribution in [3.05, 3.63) is 71.8 Å². The average Bonchev–Trinajstić information content (AvgIpc) is 3.11. The van der Waals surface area contributed by atoms with Crippen molar-refractivity contribution in [1.29, 1.82) is 0 Å². The number of amides is 1. The molecule has 0 unspecified atom stereocenters. The quantitative estimate of drug-likeness (QED) is 0.494. The molecule has 1 heterocycles. The molecule has 0 radical (unpaired) electrons. The number of ether oxygens (including phenoxy) is 1. The van der Waals surface area contributed by atoms with Gasteiger partial charge in [-0.2, -0.15) is 0 Å². The van der Waals surface area contributed by atoms with Gasteiger partial charge < -0.3 is 15.2 Å². The summed E-state index contributed by atoms with van der Waals surface area (Å²) in [6.45, 7) is 8.77. The van der Waals surface area contributed by atoms with Crippen LogP contribution >= 0.6 is 0 Å². The van der Waals surface area contributed by atoms with E-state index in [-0.39, 0.29) is 35.5 Å². The number of hydrogen-bond acceptors (Lipinski definition) is 5. The Balaban J connectivity index is 1.92. The first kappa shape index (κ1) is 26.1. The fraction of sp³-hybridized carbons (Fsp3) is 0.500. The van der Waals surface area contributed by atoms with E-state index in [1.165, 1.54) is 25.5 Å². The van der Waals surface area contributed by atoms with Gasteiger partial charge in [0.2, 0.25) is 5.91 Å². The highest BCUT2D eigenvalue weighted by atomic mass is 16.5. The Morgan fingerprint density at radius 1 is 1.17 bits per heavy atom. The molecule has 1 aliphatic heterocycles. The first-order valence-corrected chi connectivity index (χ1v) is 12.8. The Kier molecular flexibility index (Phi) is 7.11. The van der Waals surface area contributed by atoms with E-state index in [0.29, 0.717) is 12.8 Å². The lowest BCUT2D eigenvalue weighted by Crippen LogP contribution is -2.55. The second-order valence-corrected chi connectivity index (χ2v) is 10.9. The molecule has 0 aromatic heterocycles. The van der Waals surface area contributed by atoms with Crippen LogP contribution in [0.4, 0.5) is 0 Å². The molecule has 192 valence electrons. The van der Waals surface area contributed by atoms with E-state index in [4.69, 9.17) is 4.74 Å². The SMILES string of the molecule is CC(=O)O[C@H]1C=C[C@@](C)(O)C(=O)[C@@H](C)CC=C[C@H]2C=C(C)[C@@H](C)[C@H]3[C@H](Cc4ccccc4)NC(=O)[C@@]231. The van der Waals surface area contributed by atoms with E-state index in [2.05, 4.69) is 37.4 Å². The Bertz CT molecular complexity index is 1120. The second-order valence-electron chi connectivity index (χ2n) is 10.9. The number of allylic oxidation sites excluding steroid dienone is 4. The van der Waals surface area contributed by atoms with Gasteiger partial charge in [-0.05, 0) is 50.3 Å². The minimum Gasteiger partial charge on any atom is -0.457 e. The summed E-state index contributed by atoms with van der Waals surface area (Å²) in [5.41, 5.74) is -0.576. The number of rotatable bonds is 3. The molecule has 1 aromatic rings. The summed E-state index contributed by atoms with van der Waals surface area (Å²) in [5, 5.41) is 14.3. The molecule has 2 N–H and O–H groups in total. The zero-order valence-electron chi connectivity index (χ0n) is 21.7. The highest BCUT2D eigenvalue weighted by Crippen LogP contribution is 2.56. The molecule has 1 saturated heterocycles. The van der Waals surface area contributed by atoms with Gasteiger partial charge in [-0.1, -0.05) is 68.0 Å². The number of hydrogen-bond donors (Lipinski definition) is 2. The molecule has 6 heteroatoms. The van der Waals surface area contributed by atoms with Crippen molar-refractivity contribution < 1.29 is 24.2 Å². The van der Waals surface area contributed by atoms with Crippen LogP contribution in [0.25, 0.3) is 0 Å². The molecule has 4 rings (SSSR count). The Morgan fingerprint density at radius 3 is 2.53 bits per heavy atom. The highest BCUT2D eigenvalue weighted by Gasteiger charge is 2.65. The first-order valence-electron chi connectivity index (χ1n) is 12.8. The van der Waals surface area contributed by atoms with Crippen LogP contribution in [0, 0.1) is 29.1 Å². The van der Waals surface area contributed by atoms with Crippen LogP contribution in [0.5, 0.6) is 0 Å². The number of aliphatic hydroxyl groups is 1. The molecule has 0 saturated carbocycles. The van der Waals surface area contributed by atoms with E-state index in [1.807, 2.05) is 30.4 Å². The van der Waals surface area contributed by atoms with Gasteiger partial charge in [0.1, 0.15) is 17.1 Å². The monoisotopic (exact) mass is 491 g/mol. The zero-order valence-corrected chi connectivity index (χ0v) is 21.7. The zero-order chi connectivity index (χ0) is 26.3. The number of carbonyl (C=O) groups is 3. The summed E-state index contributed by atoms with van der Waals surface area (Å²) in [5.74, 6) is -1.91. The largest absolute Gasteiger partial charge is 0.457 e. The normalized spacial score (nSPS) is 38.3. The Hall–Kier alpha value is -2.99. The lowest BCUT2D eigenvalue weighted by Gasteiger charge is -2.48. The lowest BCUT2D eigenvalue weighted by molar-refractivity contribution is -0.159. The summed E-state index contributed by atoms with van der Waals surface area (Å²) < 4.78 is 5.87. The van der Waals surface area contributed by atoms with Crippen molar-refractivity contribution in [3.8, 4) is 0 Å². The van der Waals surface area contributed by atoms with Crippen LogP contribution in [0.1, 0.15) is 46.6 Å². The maximum Gasteiger partial charge on any atom is 0.303 e. The van der Waals surface area contributed by atoms with Crippen molar-refractivity contribution in [2.45, 2.75) is 65.2 Å². The fourth-order valence-corrected chi connectivity index (χ4v) is 6.50. The molecular formula is C30H37NO5. The number of benzene rings is 1. The molecular weight excluding hydrogens is 454 g/mol. The van der Waals surface area contributed by atoms with Crippen molar-refractivity contribution >= 4 is 17.7 Å². The van der Waals surface area contributed by atoms with Gasteiger partial charge >= 0.3 is 5.97 Å². The minimum atomic E-state index is -1.75. The predicted octanol–water partition coefficient (Wildman–Crippen LogP) is 3.95. The topological polar surface area (TPSA) is 92.7 Å². The third-order valence-electron chi connectivity index (χ3n) is 8.38. The van der Waals surface area contributed by atoms with Crippen LogP contribution in [-0.4, -0.2) is 40.5 Å². The number of Topliss-reactive ketones (excluding diaryl/α,β-unsaturated/α-hetero) is 1. The minimum absolute atomic E-state index is 0.0416. The van der Waals surface area contributed by atoms with Crippen LogP contribution in [0.2, 0.25) is 0 Å². The van der Waals surface area contributed by atoms with E-state index < -0.39 is 29.0 Å². The van der Waals surface area contributed by atoms with Gasteiger partial charge in [-0.25, -0.2) is 0 Å². The lowest BCUT2D eigenvalue weighted by atomic mass is 9.54. The molecule has 3 aliphatic rings. The van der Waals surface area contributed by atoms with Crippen LogP contribution in [0.15, 0.2) is 66.3 Å². The van der Waals surface area contributed by atoms with E-state index >= 15 is 0 Å². The summed E-state index contributed by atoms with van der Waals surface area (Å²) in [6, 6.07) is 9.87. The molecule has 1 fully saturated rings. The number of nitrogens with one attached hydrogen (secondary N) is 1. The highest BCUT2D eigenvalue weighted by molar-refractivity contribution is 5.91. The van der Waals surface area contributed by atoms with E-state index in [1.54, 1.807) is 13.0 Å². The van der Waals surface area contributed by atoms with Crippen molar-refractivity contribution in [2.24, 2.45) is 29.1 Å². The predicted molar refractivity (Wildman–Crippen MR) is 138 cm³/mol. The van der Waals surface area contributed by atoms with Gasteiger partial charge in [-0.15, -0.1) is 0 Å². The Labute approximate surface area is 213 Å². The van der Waals surface area contributed by atoms with Gasteiger partial charge in [0.05, 0.1) is 0 Å². The summed E-state index contributed by atoms with van der Waals surface area (Å²) in [7, 11) is 0. The maximum absolute atomic E-state index is 14.1. The fourth-order valence-electron chi connectivity index (χ4n) is 6.50. The summed E-state index contributed by atoms with van der Waals surface area (Å²) >= 11 is 0. The van der Waals surface area contributed by atoms with Crippen molar-refractivity contribution in [1.82, 2.24) is 5.32 Å². The standard InChI is InChI=1S/C30H37NO5/c1-18-10-9-13-23-16-19(2)20(3)26-24(17-22-11-7-6-8-12-22)31-28(34)30(23,26)25(36-21(4)32)14-15-29(5,35)27(18)33/h6-9,11-16,18,20,23-26,35H,10,17H2,1-5H3,(H,31,34)/t18-,20+,23-,24-,25-,26-,29+,30+/m0/s1. The first-order chi connectivity index (χ1) is 17.0. The van der Waals surface area contributed by atoms with Gasteiger partial charge in [0.15, 0.2) is 5.78 Å². The number of esters is 1. The molecule has 8 atom stereocenters. The summed E-state index contributed by atoms with van der Waals surface area (Å²) in [6.07, 6.45) is 9.12. The second kappa shape index (κ2) is 9.81. The van der Waals surface area contributed by atoms with Crippen LogP contribution in [0.3, 0.4) is 0 Å². The van der Waals surface area contributed by atoms with E-state index in [9.17, 15) is 19.5 Å². The number of carbonyl (C=O) groups excluding carboxylic acids is 3. The van der Waals surface area contributed by atoms with Crippen LogP contribution in [-0.2, 0) is 25.5 Å².